The van der Waals surface area contributed by atoms with Crippen LogP contribution in [0.5, 0.6) is 5.75 Å². The highest BCUT2D eigenvalue weighted by Gasteiger charge is 2.25. The van der Waals surface area contributed by atoms with E-state index in [1.807, 2.05) is 81.1 Å². The van der Waals surface area contributed by atoms with Gasteiger partial charge in [-0.2, -0.15) is 0 Å². The summed E-state index contributed by atoms with van der Waals surface area (Å²) in [6, 6.07) is 15.6. The molecular formula is C25H33N3O3. The molecule has 0 aliphatic carbocycles. The van der Waals surface area contributed by atoms with E-state index in [9.17, 15) is 9.59 Å². The number of nitrogens with zero attached hydrogens (tertiary/aromatic N) is 2. The van der Waals surface area contributed by atoms with E-state index in [1.165, 1.54) is 5.56 Å². The number of urea groups is 1. The lowest BCUT2D eigenvalue weighted by Crippen LogP contribution is -2.53. The van der Waals surface area contributed by atoms with Gasteiger partial charge in [-0.15, -0.1) is 0 Å². The Balaban J connectivity index is 1.48. The monoisotopic (exact) mass is 423 g/mol. The summed E-state index contributed by atoms with van der Waals surface area (Å²) in [6.07, 6.45) is 0.503. The Bertz CT molecular complexity index is 887. The van der Waals surface area contributed by atoms with Crippen molar-refractivity contribution in [1.82, 2.24) is 15.1 Å². The third kappa shape index (κ3) is 6.48. The molecule has 1 unspecified atom stereocenters. The number of hydrogen-bond acceptors (Lipinski definition) is 3. The molecule has 0 spiro atoms. The van der Waals surface area contributed by atoms with E-state index in [1.54, 1.807) is 4.90 Å². The zero-order valence-corrected chi connectivity index (χ0v) is 18.9. The van der Waals surface area contributed by atoms with Gasteiger partial charge in [0.2, 0.25) is 5.91 Å². The van der Waals surface area contributed by atoms with Crippen LogP contribution >= 0.6 is 0 Å². The van der Waals surface area contributed by atoms with E-state index in [0.717, 1.165) is 16.9 Å². The van der Waals surface area contributed by atoms with Crippen molar-refractivity contribution < 1.29 is 14.3 Å². The average Bonchev–Trinajstić information content (AvgIpc) is 2.75. The molecule has 1 atom stereocenters. The highest BCUT2D eigenvalue weighted by molar-refractivity contribution is 5.79. The lowest BCUT2D eigenvalue weighted by Gasteiger charge is -2.35. The van der Waals surface area contributed by atoms with Crippen LogP contribution in [0, 0.1) is 6.92 Å². The van der Waals surface area contributed by atoms with Gasteiger partial charge in [0.15, 0.2) is 0 Å². The van der Waals surface area contributed by atoms with Crippen LogP contribution in [0.25, 0.3) is 0 Å². The van der Waals surface area contributed by atoms with E-state index in [-0.39, 0.29) is 24.1 Å². The van der Waals surface area contributed by atoms with Gasteiger partial charge in [0.05, 0.1) is 18.6 Å². The van der Waals surface area contributed by atoms with Crippen LogP contribution in [-0.2, 0) is 11.2 Å². The number of nitrogens with one attached hydrogen (secondary N) is 1. The highest BCUT2D eigenvalue weighted by atomic mass is 16.5. The van der Waals surface area contributed by atoms with Crippen molar-refractivity contribution in [2.45, 2.75) is 46.3 Å². The quantitative estimate of drug-likeness (QED) is 0.766. The molecule has 0 radical (unpaired) electrons. The normalized spacial score (nSPS) is 15.0. The Hall–Kier alpha value is -3.02. The minimum absolute atomic E-state index is 0.102. The van der Waals surface area contributed by atoms with E-state index in [0.29, 0.717) is 32.6 Å². The fourth-order valence-corrected chi connectivity index (χ4v) is 3.64. The molecule has 1 fully saturated rings. The standard InChI is InChI=1S/C25H33N3O3/c1-18(2)31-23-7-5-6-22(17-23)20(4)26-25(30)28-14-12-27(13-15-28)24(29)16-21-10-8-19(3)9-11-21/h5-11,17-18,20H,12-16H2,1-4H3,(H,26,30). The van der Waals surface area contributed by atoms with Crippen molar-refractivity contribution in [3.8, 4) is 5.75 Å². The smallest absolute Gasteiger partial charge is 0.317 e. The molecule has 3 rings (SSSR count). The Morgan fingerprint density at radius 3 is 2.26 bits per heavy atom. The first-order valence-corrected chi connectivity index (χ1v) is 11.0. The molecule has 1 saturated heterocycles. The summed E-state index contributed by atoms with van der Waals surface area (Å²) < 4.78 is 5.75. The van der Waals surface area contributed by atoms with Gasteiger partial charge in [0.1, 0.15) is 5.75 Å². The van der Waals surface area contributed by atoms with Crippen LogP contribution in [0.2, 0.25) is 0 Å². The zero-order chi connectivity index (χ0) is 22.4. The molecule has 3 amide bonds. The molecule has 166 valence electrons. The van der Waals surface area contributed by atoms with Crippen molar-refractivity contribution in [2.24, 2.45) is 0 Å². The van der Waals surface area contributed by atoms with Crippen molar-refractivity contribution in [3.63, 3.8) is 0 Å². The molecule has 0 bridgehead atoms. The predicted molar refractivity (Wildman–Crippen MR) is 122 cm³/mol. The molecular weight excluding hydrogens is 390 g/mol. The largest absolute Gasteiger partial charge is 0.491 e. The summed E-state index contributed by atoms with van der Waals surface area (Å²) >= 11 is 0. The predicted octanol–water partition coefficient (Wildman–Crippen LogP) is 3.94. The van der Waals surface area contributed by atoms with Crippen molar-refractivity contribution >= 4 is 11.9 Å². The second-order valence-electron chi connectivity index (χ2n) is 8.44. The van der Waals surface area contributed by atoms with Gasteiger partial charge in [-0.25, -0.2) is 4.79 Å². The van der Waals surface area contributed by atoms with Gasteiger partial charge in [0.25, 0.3) is 0 Å². The number of aryl methyl sites for hydroxylation is 1. The SMILES string of the molecule is Cc1ccc(CC(=O)N2CCN(C(=O)NC(C)c3cccc(OC(C)C)c3)CC2)cc1. The molecule has 1 heterocycles. The van der Waals surface area contributed by atoms with Crippen LogP contribution in [0.15, 0.2) is 48.5 Å². The van der Waals surface area contributed by atoms with Gasteiger partial charge >= 0.3 is 6.03 Å². The van der Waals surface area contributed by atoms with Crippen LogP contribution < -0.4 is 10.1 Å². The van der Waals surface area contributed by atoms with Crippen molar-refractivity contribution in [2.75, 3.05) is 26.2 Å². The number of benzene rings is 2. The lowest BCUT2D eigenvalue weighted by molar-refractivity contribution is -0.131. The number of carbonyl (C=O) groups excluding carboxylic acids is 2. The topological polar surface area (TPSA) is 61.9 Å². The first-order valence-electron chi connectivity index (χ1n) is 11.0. The molecule has 1 aliphatic heterocycles. The number of amides is 3. The van der Waals surface area contributed by atoms with Gasteiger partial charge in [-0.1, -0.05) is 42.0 Å². The second kappa shape index (κ2) is 10.3. The van der Waals surface area contributed by atoms with Gasteiger partial charge < -0.3 is 19.9 Å². The molecule has 0 saturated carbocycles. The van der Waals surface area contributed by atoms with Crippen LogP contribution in [0.3, 0.4) is 0 Å². The first kappa shape index (κ1) is 22.7. The minimum atomic E-state index is -0.135. The summed E-state index contributed by atoms with van der Waals surface area (Å²) in [6.45, 7) is 10.2. The summed E-state index contributed by atoms with van der Waals surface area (Å²) in [7, 11) is 0. The van der Waals surface area contributed by atoms with Crippen LogP contribution in [-0.4, -0.2) is 54.0 Å². The fraction of sp³-hybridized carbons (Fsp3) is 0.440. The maximum absolute atomic E-state index is 12.7. The van der Waals surface area contributed by atoms with Gasteiger partial charge in [-0.3, -0.25) is 4.79 Å². The molecule has 6 nitrogen and oxygen atoms in total. The number of ether oxygens (including phenoxy) is 1. The maximum atomic E-state index is 12.7. The Labute approximate surface area is 185 Å². The third-order valence-electron chi connectivity index (χ3n) is 5.47. The highest BCUT2D eigenvalue weighted by Crippen LogP contribution is 2.20. The maximum Gasteiger partial charge on any atom is 0.317 e. The summed E-state index contributed by atoms with van der Waals surface area (Å²) in [5.74, 6) is 0.911. The Morgan fingerprint density at radius 2 is 1.61 bits per heavy atom. The van der Waals surface area contributed by atoms with E-state index >= 15 is 0 Å². The van der Waals surface area contributed by atoms with E-state index in [4.69, 9.17) is 4.74 Å². The summed E-state index contributed by atoms with van der Waals surface area (Å²) in [4.78, 5) is 28.9. The number of rotatable bonds is 6. The van der Waals surface area contributed by atoms with Gasteiger partial charge in [-0.05, 0) is 51.0 Å². The Morgan fingerprint density at radius 1 is 0.968 bits per heavy atom. The van der Waals surface area contributed by atoms with Crippen molar-refractivity contribution in [3.05, 3.63) is 65.2 Å². The molecule has 0 aromatic heterocycles. The van der Waals surface area contributed by atoms with Crippen LogP contribution in [0.4, 0.5) is 4.79 Å². The molecule has 6 heteroatoms. The van der Waals surface area contributed by atoms with E-state index < -0.39 is 0 Å². The second-order valence-corrected chi connectivity index (χ2v) is 8.44. The van der Waals surface area contributed by atoms with E-state index in [2.05, 4.69) is 5.32 Å². The number of hydrogen-bond donors (Lipinski definition) is 1. The molecule has 1 aliphatic rings. The zero-order valence-electron chi connectivity index (χ0n) is 18.9. The summed E-state index contributed by atoms with van der Waals surface area (Å²) in [5, 5.41) is 3.06. The first-order chi connectivity index (χ1) is 14.8. The average molecular weight is 424 g/mol. The number of carbonyl (C=O) groups is 2. The Kier molecular flexibility index (Phi) is 7.55. The molecule has 2 aromatic carbocycles. The van der Waals surface area contributed by atoms with Crippen LogP contribution in [0.1, 0.15) is 43.5 Å². The van der Waals surface area contributed by atoms with Gasteiger partial charge in [0, 0.05) is 26.2 Å². The number of piperazine rings is 1. The lowest BCUT2D eigenvalue weighted by atomic mass is 10.1. The molecule has 1 N–H and O–H groups in total. The third-order valence-corrected chi connectivity index (χ3v) is 5.47. The molecule has 31 heavy (non-hydrogen) atoms. The summed E-state index contributed by atoms with van der Waals surface area (Å²) in [5.41, 5.74) is 3.20. The van der Waals surface area contributed by atoms with Crippen molar-refractivity contribution in [1.29, 1.82) is 0 Å². The minimum Gasteiger partial charge on any atom is -0.491 e. The molecule has 2 aromatic rings. The fourth-order valence-electron chi connectivity index (χ4n) is 3.64.